The quantitative estimate of drug-likeness (QED) is 0.340. The molecule has 0 amide bonds. The van der Waals surface area contributed by atoms with Crippen LogP contribution in [0.5, 0.6) is 11.5 Å². The van der Waals surface area contributed by atoms with Crippen LogP contribution in [0.1, 0.15) is 47.6 Å². The number of aromatic nitrogens is 3. The lowest BCUT2D eigenvalue weighted by Crippen LogP contribution is -2.23. The van der Waals surface area contributed by atoms with E-state index in [-0.39, 0.29) is 17.6 Å². The average Bonchev–Trinajstić information content (AvgIpc) is 3.04. The Morgan fingerprint density at radius 3 is 2.58 bits per heavy atom. The molecule has 0 bridgehead atoms. The summed E-state index contributed by atoms with van der Waals surface area (Å²) in [5.74, 6) is 2.53. The molecule has 2 heterocycles. The third-order valence-corrected chi connectivity index (χ3v) is 6.61. The van der Waals surface area contributed by atoms with Crippen molar-refractivity contribution in [1.82, 2.24) is 19.7 Å². The largest absolute Gasteiger partial charge is 0.490 e. The predicted molar refractivity (Wildman–Crippen MR) is 129 cm³/mol. The van der Waals surface area contributed by atoms with Gasteiger partial charge >= 0.3 is 0 Å². The van der Waals surface area contributed by atoms with Gasteiger partial charge in [-0.15, -0.1) is 10.2 Å². The molecule has 174 valence electrons. The molecular formula is C25H30N4O3S. The van der Waals surface area contributed by atoms with Crippen molar-refractivity contribution in [2.75, 3.05) is 33.1 Å². The molecule has 0 aliphatic carbocycles. The zero-order valence-electron chi connectivity index (χ0n) is 19.4. The minimum atomic E-state index is 0.0195. The molecule has 0 fully saturated rings. The summed E-state index contributed by atoms with van der Waals surface area (Å²) < 4.78 is 13.5. The van der Waals surface area contributed by atoms with Gasteiger partial charge in [0.1, 0.15) is 0 Å². The summed E-state index contributed by atoms with van der Waals surface area (Å²) in [6.07, 6.45) is 1.75. The van der Waals surface area contributed by atoms with Gasteiger partial charge < -0.3 is 14.0 Å². The van der Waals surface area contributed by atoms with E-state index in [1.54, 1.807) is 12.1 Å². The zero-order chi connectivity index (χ0) is 23.2. The third-order valence-electron chi connectivity index (χ3n) is 5.64. The van der Waals surface area contributed by atoms with E-state index in [0.717, 1.165) is 23.8 Å². The first-order valence-corrected chi connectivity index (χ1v) is 12.2. The van der Waals surface area contributed by atoms with Gasteiger partial charge in [0.05, 0.1) is 31.6 Å². The third kappa shape index (κ3) is 5.57. The van der Waals surface area contributed by atoms with E-state index < -0.39 is 0 Å². The number of fused-ring (bicyclic) bond motifs is 1. The molecule has 7 nitrogen and oxygen atoms in total. The van der Waals surface area contributed by atoms with Gasteiger partial charge in [-0.2, -0.15) is 0 Å². The smallest absolute Gasteiger partial charge is 0.192 e. The zero-order valence-corrected chi connectivity index (χ0v) is 20.2. The van der Waals surface area contributed by atoms with E-state index in [2.05, 4.69) is 52.8 Å². The topological polar surface area (TPSA) is 69.5 Å². The van der Waals surface area contributed by atoms with Gasteiger partial charge in [-0.25, -0.2) is 0 Å². The van der Waals surface area contributed by atoms with Gasteiger partial charge in [-0.3, -0.25) is 9.69 Å². The van der Waals surface area contributed by atoms with Crippen molar-refractivity contribution in [3.63, 3.8) is 0 Å². The lowest BCUT2D eigenvalue weighted by atomic mass is 10.1. The molecule has 4 rings (SSSR count). The van der Waals surface area contributed by atoms with Gasteiger partial charge in [-0.1, -0.05) is 49.0 Å². The molecule has 1 atom stereocenters. The Bertz CT molecular complexity index is 1080. The van der Waals surface area contributed by atoms with Crippen LogP contribution in [0, 0.1) is 0 Å². The van der Waals surface area contributed by atoms with Crippen molar-refractivity contribution in [1.29, 1.82) is 0 Å². The van der Waals surface area contributed by atoms with Crippen LogP contribution >= 0.6 is 11.8 Å². The molecule has 1 unspecified atom stereocenters. The molecule has 0 N–H and O–H groups in total. The molecular weight excluding hydrogens is 436 g/mol. The summed E-state index contributed by atoms with van der Waals surface area (Å²) in [6.45, 7) is 4.03. The van der Waals surface area contributed by atoms with E-state index in [0.29, 0.717) is 36.8 Å². The maximum atomic E-state index is 13.0. The van der Waals surface area contributed by atoms with Crippen LogP contribution in [0.4, 0.5) is 0 Å². The Balaban J connectivity index is 1.54. The van der Waals surface area contributed by atoms with Crippen LogP contribution < -0.4 is 9.47 Å². The second-order valence-corrected chi connectivity index (χ2v) is 9.17. The fraction of sp³-hybridized carbons (Fsp3) is 0.400. The number of hydrogen-bond acceptors (Lipinski definition) is 7. The molecule has 1 aliphatic heterocycles. The SMILES string of the molecule is CCC(c1nnc(SCC(=O)c2ccc3c(c2)OCCCO3)n1Cc1ccccc1)N(C)C. The first-order valence-electron chi connectivity index (χ1n) is 11.3. The van der Waals surface area contributed by atoms with Gasteiger partial charge in [0.25, 0.3) is 0 Å². The van der Waals surface area contributed by atoms with Crippen LogP contribution in [0.3, 0.4) is 0 Å². The van der Waals surface area contributed by atoms with E-state index in [9.17, 15) is 4.79 Å². The van der Waals surface area contributed by atoms with Gasteiger partial charge in [0.2, 0.25) is 0 Å². The average molecular weight is 467 g/mol. The second kappa shape index (κ2) is 10.9. The Hall–Kier alpha value is -2.84. The van der Waals surface area contributed by atoms with E-state index >= 15 is 0 Å². The number of nitrogens with zero attached hydrogens (tertiary/aromatic N) is 4. The summed E-state index contributed by atoms with van der Waals surface area (Å²) in [6, 6.07) is 15.8. The minimum Gasteiger partial charge on any atom is -0.490 e. The van der Waals surface area contributed by atoms with E-state index in [1.165, 1.54) is 17.3 Å². The van der Waals surface area contributed by atoms with E-state index in [1.807, 2.05) is 24.3 Å². The standard InChI is InChI=1S/C25H30N4O3S/c1-4-20(28(2)3)24-26-27-25(29(24)16-18-9-6-5-7-10-18)33-17-21(30)19-11-12-22-23(15-19)32-14-8-13-31-22/h5-7,9-12,15,20H,4,8,13-14,16-17H2,1-3H3. The molecule has 0 saturated carbocycles. The Labute approximate surface area is 199 Å². The summed E-state index contributed by atoms with van der Waals surface area (Å²) in [5.41, 5.74) is 1.78. The summed E-state index contributed by atoms with van der Waals surface area (Å²) >= 11 is 1.42. The summed E-state index contributed by atoms with van der Waals surface area (Å²) in [5, 5.41) is 9.74. The number of carbonyl (C=O) groups is 1. The van der Waals surface area contributed by atoms with Crippen molar-refractivity contribution in [2.45, 2.75) is 37.5 Å². The lowest BCUT2D eigenvalue weighted by Gasteiger charge is -2.23. The van der Waals surface area contributed by atoms with Crippen LogP contribution in [0.15, 0.2) is 53.7 Å². The highest BCUT2D eigenvalue weighted by molar-refractivity contribution is 7.99. The monoisotopic (exact) mass is 466 g/mol. The first kappa shape index (κ1) is 23.3. The molecule has 0 saturated heterocycles. The Morgan fingerprint density at radius 1 is 1.09 bits per heavy atom. The van der Waals surface area contributed by atoms with Crippen LogP contribution in [0.2, 0.25) is 0 Å². The summed E-state index contributed by atoms with van der Waals surface area (Å²) in [7, 11) is 4.10. The minimum absolute atomic E-state index is 0.0195. The van der Waals surface area contributed by atoms with Crippen molar-refractivity contribution in [3.8, 4) is 11.5 Å². The highest BCUT2D eigenvalue weighted by Crippen LogP contribution is 2.31. The van der Waals surface area contributed by atoms with Crippen LogP contribution in [-0.2, 0) is 6.54 Å². The number of benzene rings is 2. The molecule has 1 aromatic heterocycles. The maximum absolute atomic E-state index is 13.0. The number of ether oxygens (including phenoxy) is 2. The number of Topliss-reactive ketones (excluding diaryl/α,β-unsaturated/α-hetero) is 1. The number of ketones is 1. The second-order valence-electron chi connectivity index (χ2n) is 8.22. The van der Waals surface area contributed by atoms with Gasteiger partial charge in [0.15, 0.2) is 28.3 Å². The van der Waals surface area contributed by atoms with Crippen molar-refractivity contribution in [3.05, 3.63) is 65.5 Å². The number of rotatable bonds is 9. The number of carbonyl (C=O) groups excluding carboxylic acids is 1. The number of hydrogen-bond donors (Lipinski definition) is 0. The van der Waals surface area contributed by atoms with Crippen molar-refractivity contribution >= 4 is 17.5 Å². The highest BCUT2D eigenvalue weighted by atomic mass is 32.2. The number of thioether (sulfide) groups is 1. The Morgan fingerprint density at radius 2 is 1.85 bits per heavy atom. The maximum Gasteiger partial charge on any atom is 0.192 e. The molecule has 1 aliphatic rings. The highest BCUT2D eigenvalue weighted by Gasteiger charge is 2.23. The van der Waals surface area contributed by atoms with Crippen molar-refractivity contribution in [2.24, 2.45) is 0 Å². The summed E-state index contributed by atoms with van der Waals surface area (Å²) in [4.78, 5) is 15.1. The first-order chi connectivity index (χ1) is 16.1. The fourth-order valence-corrected chi connectivity index (χ4v) is 4.74. The van der Waals surface area contributed by atoms with E-state index in [4.69, 9.17) is 9.47 Å². The predicted octanol–water partition coefficient (Wildman–Crippen LogP) is 4.48. The molecule has 0 radical (unpaired) electrons. The van der Waals surface area contributed by atoms with Gasteiger partial charge in [0, 0.05) is 12.0 Å². The molecule has 8 heteroatoms. The normalized spacial score (nSPS) is 14.2. The molecule has 0 spiro atoms. The lowest BCUT2D eigenvalue weighted by molar-refractivity contribution is 0.102. The van der Waals surface area contributed by atoms with Crippen molar-refractivity contribution < 1.29 is 14.3 Å². The molecule has 33 heavy (non-hydrogen) atoms. The van der Waals surface area contributed by atoms with Crippen LogP contribution in [0.25, 0.3) is 0 Å². The Kier molecular flexibility index (Phi) is 7.67. The van der Waals surface area contributed by atoms with Gasteiger partial charge in [-0.05, 0) is 44.3 Å². The molecule has 2 aromatic carbocycles. The fourth-order valence-electron chi connectivity index (χ4n) is 3.90. The van der Waals surface area contributed by atoms with Crippen LogP contribution in [-0.4, -0.2) is 58.5 Å². The molecule has 3 aromatic rings.